The van der Waals surface area contributed by atoms with Crippen LogP contribution in [0, 0.1) is 0 Å². The third-order valence-electron chi connectivity index (χ3n) is 7.12. The van der Waals surface area contributed by atoms with Crippen LogP contribution in [0.1, 0.15) is 42.0 Å². The minimum Gasteiger partial charge on any atom is -0.383 e. The number of benzene rings is 3. The van der Waals surface area contributed by atoms with E-state index in [1.54, 1.807) is 48.4 Å². The third kappa shape index (κ3) is 8.16. The lowest BCUT2D eigenvalue weighted by molar-refractivity contribution is -0.141. The molecule has 1 fully saturated rings. The molecule has 0 aliphatic carbocycles. The van der Waals surface area contributed by atoms with Crippen LogP contribution >= 0.6 is 11.6 Å². The van der Waals surface area contributed by atoms with Crippen molar-refractivity contribution in [2.45, 2.75) is 43.2 Å². The summed E-state index contributed by atoms with van der Waals surface area (Å²) in [6, 6.07) is 22.3. The number of halogens is 1. The van der Waals surface area contributed by atoms with Gasteiger partial charge in [0.05, 0.1) is 11.5 Å². The Morgan fingerprint density at radius 1 is 0.951 bits per heavy atom. The molecule has 1 heterocycles. The number of nitrogens with zero attached hydrogens (tertiary/aromatic N) is 2. The van der Waals surface area contributed by atoms with E-state index >= 15 is 0 Å². The van der Waals surface area contributed by atoms with Gasteiger partial charge in [-0.2, -0.15) is 4.31 Å². The van der Waals surface area contributed by atoms with Crippen LogP contribution in [-0.2, 0) is 37.3 Å². The Bertz CT molecular complexity index is 1390. The predicted molar refractivity (Wildman–Crippen MR) is 159 cm³/mol. The summed E-state index contributed by atoms with van der Waals surface area (Å²) in [5, 5.41) is 3.47. The molecule has 0 spiro atoms. The smallest absolute Gasteiger partial charge is 0.247 e. The zero-order chi connectivity index (χ0) is 29.2. The second-order valence-corrected chi connectivity index (χ2v) is 12.4. The van der Waals surface area contributed by atoms with Crippen LogP contribution in [0.3, 0.4) is 0 Å². The third-order valence-corrected chi connectivity index (χ3v) is 9.29. The van der Waals surface area contributed by atoms with Crippen LogP contribution in [0.2, 0.25) is 5.02 Å². The van der Waals surface area contributed by atoms with E-state index in [2.05, 4.69) is 5.32 Å². The minimum atomic E-state index is -3.50. The number of nitrogens with one attached hydrogen (secondary N) is 1. The molecule has 218 valence electrons. The first-order valence-corrected chi connectivity index (χ1v) is 15.6. The van der Waals surface area contributed by atoms with Crippen molar-refractivity contribution in [3.63, 3.8) is 0 Å². The maximum Gasteiger partial charge on any atom is 0.247 e. The molecule has 41 heavy (non-hydrogen) atoms. The second kappa shape index (κ2) is 14.6. The summed E-state index contributed by atoms with van der Waals surface area (Å²) in [4.78, 5) is 29.2. The van der Waals surface area contributed by atoms with Gasteiger partial charge in [0.15, 0.2) is 0 Å². The van der Waals surface area contributed by atoms with E-state index in [0.717, 1.165) is 24.0 Å². The Kier molecular flexibility index (Phi) is 10.9. The molecule has 0 unspecified atom stereocenters. The van der Waals surface area contributed by atoms with E-state index < -0.39 is 16.1 Å². The van der Waals surface area contributed by atoms with E-state index in [9.17, 15) is 18.0 Å². The molecular formula is C31H36ClN3O5S. The molecular weight excluding hydrogens is 562 g/mol. The summed E-state index contributed by atoms with van der Waals surface area (Å²) in [6.45, 7) is 1.96. The minimum absolute atomic E-state index is 0.139. The zero-order valence-corrected chi connectivity index (χ0v) is 24.7. The summed E-state index contributed by atoms with van der Waals surface area (Å²) >= 11 is 6.09. The molecule has 0 saturated carbocycles. The highest BCUT2D eigenvalue weighted by Crippen LogP contribution is 2.26. The van der Waals surface area contributed by atoms with Gasteiger partial charge in [-0.3, -0.25) is 9.59 Å². The number of hydrogen-bond donors (Lipinski definition) is 1. The van der Waals surface area contributed by atoms with Crippen LogP contribution in [0.4, 0.5) is 0 Å². The van der Waals surface area contributed by atoms with Gasteiger partial charge < -0.3 is 15.0 Å². The topological polar surface area (TPSA) is 96.0 Å². The zero-order valence-electron chi connectivity index (χ0n) is 23.2. The Labute approximate surface area is 247 Å². The highest BCUT2D eigenvalue weighted by molar-refractivity contribution is 7.89. The molecule has 10 heteroatoms. The molecule has 1 atom stereocenters. The van der Waals surface area contributed by atoms with Crippen molar-refractivity contribution in [2.24, 2.45) is 0 Å². The van der Waals surface area contributed by atoms with Gasteiger partial charge >= 0.3 is 0 Å². The maximum atomic E-state index is 13.8. The molecule has 3 aromatic rings. The fraction of sp³-hybridized carbons (Fsp3) is 0.355. The van der Waals surface area contributed by atoms with Gasteiger partial charge in [-0.1, -0.05) is 66.2 Å². The molecule has 1 N–H and O–H groups in total. The molecule has 2 amide bonds. The SMILES string of the molecule is COCCNC(=O)[C@@H](c1ccccc1)N(Cc1ccc(Cl)cc1)C(=O)CCc1ccc(S(=O)(=O)N2CCCC2)cc1. The number of aryl methyl sites for hydroxylation is 1. The fourth-order valence-electron chi connectivity index (χ4n) is 4.89. The van der Waals surface area contributed by atoms with E-state index in [-0.39, 0.29) is 29.7 Å². The first-order chi connectivity index (χ1) is 19.8. The molecule has 8 nitrogen and oxygen atoms in total. The lowest BCUT2D eigenvalue weighted by atomic mass is 10.0. The second-order valence-electron chi connectivity index (χ2n) is 10.0. The van der Waals surface area contributed by atoms with Gasteiger partial charge in [0, 0.05) is 44.7 Å². The van der Waals surface area contributed by atoms with Crippen molar-refractivity contribution in [3.05, 3.63) is 101 Å². The Morgan fingerprint density at radius 2 is 1.59 bits per heavy atom. The highest BCUT2D eigenvalue weighted by atomic mass is 35.5. The van der Waals surface area contributed by atoms with Crippen LogP contribution in [0.15, 0.2) is 83.8 Å². The van der Waals surface area contributed by atoms with Gasteiger partial charge in [-0.15, -0.1) is 0 Å². The summed E-state index contributed by atoms with van der Waals surface area (Å²) in [5.74, 6) is -0.503. The molecule has 0 radical (unpaired) electrons. The van der Waals surface area contributed by atoms with Gasteiger partial charge in [0.25, 0.3) is 0 Å². The summed E-state index contributed by atoms with van der Waals surface area (Å²) in [5.41, 5.74) is 2.37. The number of sulfonamides is 1. The Balaban J connectivity index is 1.55. The van der Waals surface area contributed by atoms with Crippen LogP contribution in [0.25, 0.3) is 0 Å². The van der Waals surface area contributed by atoms with Crippen LogP contribution < -0.4 is 5.32 Å². The van der Waals surface area contributed by atoms with Crippen molar-refractivity contribution < 1.29 is 22.7 Å². The van der Waals surface area contributed by atoms with Gasteiger partial charge in [0.1, 0.15) is 6.04 Å². The van der Waals surface area contributed by atoms with Gasteiger partial charge in [-0.25, -0.2) is 8.42 Å². The van der Waals surface area contributed by atoms with Crippen LogP contribution in [0.5, 0.6) is 0 Å². The highest BCUT2D eigenvalue weighted by Gasteiger charge is 2.31. The molecule has 1 aliphatic heterocycles. The lowest BCUT2D eigenvalue weighted by Crippen LogP contribution is -2.44. The first-order valence-electron chi connectivity index (χ1n) is 13.7. The largest absolute Gasteiger partial charge is 0.383 e. The number of carbonyl (C=O) groups is 2. The van der Waals surface area contributed by atoms with Gasteiger partial charge in [0.2, 0.25) is 21.8 Å². The van der Waals surface area contributed by atoms with Crippen molar-refractivity contribution in [3.8, 4) is 0 Å². The number of methoxy groups -OCH3 is 1. The van der Waals surface area contributed by atoms with Gasteiger partial charge in [-0.05, 0) is 60.2 Å². The monoisotopic (exact) mass is 597 g/mol. The van der Waals surface area contributed by atoms with E-state index in [1.807, 2.05) is 42.5 Å². The van der Waals surface area contributed by atoms with E-state index in [1.165, 1.54) is 4.31 Å². The number of amides is 2. The molecule has 3 aromatic carbocycles. The molecule has 1 saturated heterocycles. The lowest BCUT2D eigenvalue weighted by Gasteiger charge is -2.32. The number of rotatable bonds is 13. The summed E-state index contributed by atoms with van der Waals surface area (Å²) in [6.07, 6.45) is 2.29. The van der Waals surface area contributed by atoms with Crippen molar-refractivity contribution in [1.29, 1.82) is 0 Å². The molecule has 4 rings (SSSR count). The van der Waals surface area contributed by atoms with Crippen LogP contribution in [-0.4, -0.2) is 62.8 Å². The number of carbonyl (C=O) groups excluding carboxylic acids is 2. The Morgan fingerprint density at radius 3 is 2.22 bits per heavy atom. The summed E-state index contributed by atoms with van der Waals surface area (Å²) < 4.78 is 32.4. The average molecular weight is 598 g/mol. The maximum absolute atomic E-state index is 13.8. The quantitative estimate of drug-likeness (QED) is 0.291. The predicted octanol–water partition coefficient (Wildman–Crippen LogP) is 4.59. The first kappa shape index (κ1) is 30.7. The molecule has 0 bridgehead atoms. The standard InChI is InChI=1S/C31H36ClN3O5S/c1-40-22-19-33-31(37)30(26-7-3-2-4-8-26)35(23-25-9-14-27(32)15-10-25)29(36)18-13-24-11-16-28(17-12-24)41(38,39)34-20-5-6-21-34/h2-4,7-12,14-17,30H,5-6,13,18-23H2,1H3,(H,33,37)/t30-/m1/s1. The van der Waals surface area contributed by atoms with E-state index in [0.29, 0.717) is 43.2 Å². The Hall–Kier alpha value is -3.24. The van der Waals surface area contributed by atoms with Crippen molar-refractivity contribution in [1.82, 2.24) is 14.5 Å². The molecule has 1 aliphatic rings. The number of ether oxygens (including phenoxy) is 1. The van der Waals surface area contributed by atoms with E-state index in [4.69, 9.17) is 16.3 Å². The van der Waals surface area contributed by atoms with Crippen molar-refractivity contribution >= 4 is 33.4 Å². The fourth-order valence-corrected chi connectivity index (χ4v) is 6.53. The summed E-state index contributed by atoms with van der Waals surface area (Å²) in [7, 11) is -1.94. The normalized spacial score (nSPS) is 14.5. The number of hydrogen-bond acceptors (Lipinski definition) is 5. The molecule has 0 aromatic heterocycles. The average Bonchev–Trinajstić information content (AvgIpc) is 3.54. The van der Waals surface area contributed by atoms with Crippen molar-refractivity contribution in [2.75, 3.05) is 33.4 Å².